The highest BCUT2D eigenvalue weighted by molar-refractivity contribution is 5.70. The maximum atomic E-state index is 3.74. The van der Waals surface area contributed by atoms with Gasteiger partial charge in [0.15, 0.2) is 0 Å². The van der Waals surface area contributed by atoms with Crippen LogP contribution in [-0.4, -0.2) is 19.1 Å². The van der Waals surface area contributed by atoms with Crippen molar-refractivity contribution in [3.05, 3.63) is 24.3 Å². The molecule has 1 saturated carbocycles. The van der Waals surface area contributed by atoms with Gasteiger partial charge in [0.2, 0.25) is 0 Å². The molecular formula is C17H26N2. The fraction of sp³-hybridized carbons (Fsp3) is 0.647. The number of benzene rings is 1. The lowest BCUT2D eigenvalue weighted by Crippen LogP contribution is -2.30. The van der Waals surface area contributed by atoms with Crippen LogP contribution < -0.4 is 10.2 Å². The van der Waals surface area contributed by atoms with E-state index in [-0.39, 0.29) is 0 Å². The van der Waals surface area contributed by atoms with Crippen molar-refractivity contribution < 1.29 is 0 Å². The quantitative estimate of drug-likeness (QED) is 0.848. The zero-order valence-corrected chi connectivity index (χ0v) is 12.1. The van der Waals surface area contributed by atoms with Crippen molar-refractivity contribution >= 4 is 11.4 Å². The highest BCUT2D eigenvalue weighted by Gasteiger charge is 2.24. The average Bonchev–Trinajstić information content (AvgIpc) is 3.24. The fourth-order valence-corrected chi connectivity index (χ4v) is 3.18. The molecule has 1 atom stereocenters. The van der Waals surface area contributed by atoms with Gasteiger partial charge >= 0.3 is 0 Å². The van der Waals surface area contributed by atoms with Crippen LogP contribution in [0.2, 0.25) is 0 Å². The van der Waals surface area contributed by atoms with Crippen molar-refractivity contribution in [2.24, 2.45) is 5.92 Å². The summed E-state index contributed by atoms with van der Waals surface area (Å²) in [5.41, 5.74) is 2.74. The minimum absolute atomic E-state index is 0.596. The first-order valence-electron chi connectivity index (χ1n) is 7.93. The van der Waals surface area contributed by atoms with E-state index in [0.29, 0.717) is 6.04 Å². The second kappa shape index (κ2) is 5.85. The molecule has 0 spiro atoms. The van der Waals surface area contributed by atoms with Crippen LogP contribution in [-0.2, 0) is 0 Å². The molecule has 1 unspecified atom stereocenters. The summed E-state index contributed by atoms with van der Waals surface area (Å²) >= 11 is 0. The largest absolute Gasteiger partial charge is 0.381 e. The van der Waals surface area contributed by atoms with Gasteiger partial charge in [-0.15, -0.1) is 0 Å². The Morgan fingerprint density at radius 2 is 1.89 bits per heavy atom. The number of nitrogens with zero attached hydrogens (tertiary/aromatic N) is 1. The van der Waals surface area contributed by atoms with Gasteiger partial charge in [0, 0.05) is 19.1 Å². The molecule has 1 aliphatic heterocycles. The molecule has 0 bridgehead atoms. The number of piperidine rings is 1. The number of hydrogen-bond donors (Lipinski definition) is 1. The molecule has 0 aromatic heterocycles. The Bertz CT molecular complexity index is 405. The molecule has 2 nitrogen and oxygen atoms in total. The molecule has 1 saturated heterocycles. The van der Waals surface area contributed by atoms with Crippen molar-refractivity contribution in [1.82, 2.24) is 0 Å². The topological polar surface area (TPSA) is 15.3 Å². The van der Waals surface area contributed by atoms with Crippen LogP contribution in [0, 0.1) is 5.92 Å². The van der Waals surface area contributed by atoms with Gasteiger partial charge in [-0.1, -0.05) is 25.0 Å². The third-order valence-corrected chi connectivity index (χ3v) is 4.39. The number of anilines is 2. The molecule has 104 valence electrons. The minimum Gasteiger partial charge on any atom is -0.381 e. The predicted molar refractivity (Wildman–Crippen MR) is 82.9 cm³/mol. The molecule has 3 rings (SSSR count). The van der Waals surface area contributed by atoms with E-state index in [1.807, 2.05) is 0 Å². The minimum atomic E-state index is 0.596. The van der Waals surface area contributed by atoms with Gasteiger partial charge in [-0.3, -0.25) is 0 Å². The standard InChI is InChI=1S/C17H26N2/c1-14(13-15-9-10-15)18-16-7-3-4-8-17(16)19-11-5-2-6-12-19/h3-4,7-8,14-15,18H,2,5-6,9-13H2,1H3. The van der Waals surface area contributed by atoms with Crippen molar-refractivity contribution in [2.75, 3.05) is 23.3 Å². The van der Waals surface area contributed by atoms with E-state index in [4.69, 9.17) is 0 Å². The lowest BCUT2D eigenvalue weighted by Gasteiger charge is -2.31. The summed E-state index contributed by atoms with van der Waals surface area (Å²) in [6, 6.07) is 9.43. The van der Waals surface area contributed by atoms with E-state index < -0.39 is 0 Å². The lowest BCUT2D eigenvalue weighted by molar-refractivity contribution is 0.577. The molecule has 2 fully saturated rings. The summed E-state index contributed by atoms with van der Waals surface area (Å²) < 4.78 is 0. The second-order valence-electron chi connectivity index (χ2n) is 6.29. The first kappa shape index (κ1) is 12.8. The number of nitrogens with one attached hydrogen (secondary N) is 1. The van der Waals surface area contributed by atoms with Gasteiger partial charge in [0.05, 0.1) is 11.4 Å². The van der Waals surface area contributed by atoms with Gasteiger partial charge < -0.3 is 10.2 Å². The van der Waals surface area contributed by atoms with Crippen molar-refractivity contribution in [1.29, 1.82) is 0 Å². The van der Waals surface area contributed by atoms with Crippen LogP contribution in [0.15, 0.2) is 24.3 Å². The van der Waals surface area contributed by atoms with Gasteiger partial charge in [-0.25, -0.2) is 0 Å². The van der Waals surface area contributed by atoms with Crippen LogP contribution in [0.25, 0.3) is 0 Å². The molecule has 1 N–H and O–H groups in total. The third-order valence-electron chi connectivity index (χ3n) is 4.39. The Morgan fingerprint density at radius 3 is 2.63 bits per heavy atom. The van der Waals surface area contributed by atoms with Crippen LogP contribution in [0.4, 0.5) is 11.4 Å². The zero-order chi connectivity index (χ0) is 13.1. The third kappa shape index (κ3) is 3.43. The Hall–Kier alpha value is -1.18. The average molecular weight is 258 g/mol. The Balaban J connectivity index is 1.68. The Kier molecular flexibility index (Phi) is 3.95. The molecular weight excluding hydrogens is 232 g/mol. The van der Waals surface area contributed by atoms with E-state index in [9.17, 15) is 0 Å². The molecule has 2 heteroatoms. The van der Waals surface area contributed by atoms with E-state index in [1.54, 1.807) is 0 Å². The monoisotopic (exact) mass is 258 g/mol. The molecule has 2 aliphatic rings. The molecule has 1 aromatic carbocycles. The summed E-state index contributed by atoms with van der Waals surface area (Å²) in [7, 11) is 0. The molecule has 1 aromatic rings. The first-order valence-corrected chi connectivity index (χ1v) is 7.93. The SMILES string of the molecule is CC(CC1CC1)Nc1ccccc1N1CCCCC1. The van der Waals surface area contributed by atoms with E-state index in [2.05, 4.69) is 41.4 Å². The summed E-state index contributed by atoms with van der Waals surface area (Å²) in [5, 5.41) is 3.74. The summed E-state index contributed by atoms with van der Waals surface area (Å²) in [5.74, 6) is 0.990. The highest BCUT2D eigenvalue weighted by Crippen LogP contribution is 2.35. The molecule has 19 heavy (non-hydrogen) atoms. The van der Waals surface area contributed by atoms with Crippen LogP contribution in [0.1, 0.15) is 45.4 Å². The first-order chi connectivity index (χ1) is 9.33. The van der Waals surface area contributed by atoms with Gasteiger partial charge in [-0.05, 0) is 50.7 Å². The summed E-state index contributed by atoms with van der Waals surface area (Å²) in [4.78, 5) is 2.55. The zero-order valence-electron chi connectivity index (χ0n) is 12.1. The molecule has 0 amide bonds. The van der Waals surface area contributed by atoms with Crippen molar-refractivity contribution in [3.8, 4) is 0 Å². The normalized spacial score (nSPS) is 21.2. The molecule has 1 heterocycles. The smallest absolute Gasteiger partial charge is 0.0602 e. The number of para-hydroxylation sites is 2. The fourth-order valence-electron chi connectivity index (χ4n) is 3.18. The number of rotatable bonds is 5. The van der Waals surface area contributed by atoms with Gasteiger partial charge in [-0.2, -0.15) is 0 Å². The van der Waals surface area contributed by atoms with E-state index >= 15 is 0 Å². The predicted octanol–water partition coefficient (Wildman–Crippen LogP) is 4.28. The highest BCUT2D eigenvalue weighted by atomic mass is 15.1. The van der Waals surface area contributed by atoms with Gasteiger partial charge in [0.25, 0.3) is 0 Å². The van der Waals surface area contributed by atoms with Crippen LogP contribution in [0.3, 0.4) is 0 Å². The van der Waals surface area contributed by atoms with E-state index in [1.165, 1.54) is 63.0 Å². The van der Waals surface area contributed by atoms with Crippen LogP contribution in [0.5, 0.6) is 0 Å². The molecule has 1 aliphatic carbocycles. The summed E-state index contributed by atoms with van der Waals surface area (Å²) in [6.45, 7) is 4.76. The Morgan fingerprint density at radius 1 is 1.16 bits per heavy atom. The molecule has 0 radical (unpaired) electrons. The maximum Gasteiger partial charge on any atom is 0.0602 e. The maximum absolute atomic E-state index is 3.74. The Labute approximate surface area is 117 Å². The van der Waals surface area contributed by atoms with Crippen molar-refractivity contribution in [2.45, 2.75) is 51.5 Å². The van der Waals surface area contributed by atoms with Crippen molar-refractivity contribution in [3.63, 3.8) is 0 Å². The summed E-state index contributed by atoms with van der Waals surface area (Å²) in [6.07, 6.45) is 8.29. The van der Waals surface area contributed by atoms with E-state index in [0.717, 1.165) is 5.92 Å². The van der Waals surface area contributed by atoms with Gasteiger partial charge in [0.1, 0.15) is 0 Å². The van der Waals surface area contributed by atoms with Crippen LogP contribution >= 0.6 is 0 Å². The second-order valence-corrected chi connectivity index (χ2v) is 6.29. The lowest BCUT2D eigenvalue weighted by atomic mass is 10.1. The number of hydrogen-bond acceptors (Lipinski definition) is 2.